The number of thiocarbonyl (C=S) groups is 1. The van der Waals surface area contributed by atoms with Gasteiger partial charge in [-0.25, -0.2) is 4.39 Å². The van der Waals surface area contributed by atoms with Gasteiger partial charge < -0.3 is 15.0 Å². The van der Waals surface area contributed by atoms with Crippen LogP contribution in [0.2, 0.25) is 0 Å². The lowest BCUT2D eigenvalue weighted by Gasteiger charge is -2.36. The maximum absolute atomic E-state index is 13.5. The van der Waals surface area contributed by atoms with Gasteiger partial charge in [-0.1, -0.05) is 12.1 Å². The molecule has 0 amide bonds. The zero-order valence-corrected chi connectivity index (χ0v) is 11.3. The van der Waals surface area contributed by atoms with Gasteiger partial charge in [0.2, 0.25) is 0 Å². The van der Waals surface area contributed by atoms with Crippen LogP contribution in [-0.4, -0.2) is 35.3 Å². The molecular formula is C13H17FN2OS. The van der Waals surface area contributed by atoms with Crippen LogP contribution < -0.4 is 5.32 Å². The number of anilines is 1. The van der Waals surface area contributed by atoms with E-state index in [1.54, 1.807) is 18.2 Å². The molecule has 98 valence electrons. The van der Waals surface area contributed by atoms with Crippen molar-refractivity contribution in [3.63, 3.8) is 0 Å². The number of hydrogen-bond donors (Lipinski definition) is 1. The SMILES string of the molecule is C[C@H]1CN(C(=S)Nc2ccccc2F)C[C@H](C)O1. The Morgan fingerprint density at radius 1 is 1.33 bits per heavy atom. The van der Waals surface area contributed by atoms with Gasteiger partial charge in [0.1, 0.15) is 5.82 Å². The van der Waals surface area contributed by atoms with Crippen LogP contribution in [0.15, 0.2) is 24.3 Å². The van der Waals surface area contributed by atoms with Crippen molar-refractivity contribution in [2.24, 2.45) is 0 Å². The van der Waals surface area contributed by atoms with Crippen LogP contribution in [0.25, 0.3) is 0 Å². The van der Waals surface area contributed by atoms with Crippen molar-refractivity contribution in [3.8, 4) is 0 Å². The summed E-state index contributed by atoms with van der Waals surface area (Å²) in [6.45, 7) is 5.47. The first-order valence-electron chi connectivity index (χ1n) is 6.02. The quantitative estimate of drug-likeness (QED) is 0.791. The highest BCUT2D eigenvalue weighted by molar-refractivity contribution is 7.80. The summed E-state index contributed by atoms with van der Waals surface area (Å²) in [6, 6.07) is 6.52. The number of ether oxygens (including phenoxy) is 1. The van der Waals surface area contributed by atoms with Crippen molar-refractivity contribution in [3.05, 3.63) is 30.1 Å². The molecule has 18 heavy (non-hydrogen) atoms. The predicted molar refractivity (Wildman–Crippen MR) is 74.2 cm³/mol. The molecule has 1 aromatic rings. The highest BCUT2D eigenvalue weighted by atomic mass is 32.1. The zero-order valence-electron chi connectivity index (χ0n) is 10.5. The molecule has 5 heteroatoms. The second-order valence-electron chi connectivity index (χ2n) is 4.57. The molecule has 1 N–H and O–H groups in total. The minimum Gasteiger partial charge on any atom is -0.372 e. The Balaban J connectivity index is 2.02. The molecule has 1 fully saturated rings. The summed E-state index contributed by atoms with van der Waals surface area (Å²) in [6.07, 6.45) is 0.267. The number of rotatable bonds is 1. The molecule has 0 aliphatic carbocycles. The fourth-order valence-corrected chi connectivity index (χ4v) is 2.36. The molecule has 0 aromatic heterocycles. The third-order valence-electron chi connectivity index (χ3n) is 2.82. The normalized spacial score (nSPS) is 23.8. The van der Waals surface area contributed by atoms with Crippen LogP contribution in [-0.2, 0) is 4.74 Å². The average molecular weight is 268 g/mol. The molecule has 3 nitrogen and oxygen atoms in total. The topological polar surface area (TPSA) is 24.5 Å². The van der Waals surface area contributed by atoms with Crippen LogP contribution in [0.3, 0.4) is 0 Å². The molecule has 1 aliphatic heterocycles. The Morgan fingerprint density at radius 3 is 2.56 bits per heavy atom. The Kier molecular flexibility index (Phi) is 4.14. The zero-order chi connectivity index (χ0) is 13.1. The largest absolute Gasteiger partial charge is 0.372 e. The number of para-hydroxylation sites is 1. The molecule has 0 saturated carbocycles. The summed E-state index contributed by atoms with van der Waals surface area (Å²) < 4.78 is 19.1. The second kappa shape index (κ2) is 5.63. The summed E-state index contributed by atoms with van der Waals surface area (Å²) in [5.74, 6) is -0.297. The molecule has 0 bridgehead atoms. The van der Waals surface area contributed by atoms with Gasteiger partial charge in [-0.15, -0.1) is 0 Å². The Morgan fingerprint density at radius 2 is 1.94 bits per heavy atom. The van der Waals surface area contributed by atoms with E-state index in [4.69, 9.17) is 17.0 Å². The number of nitrogens with zero attached hydrogens (tertiary/aromatic N) is 1. The fourth-order valence-electron chi connectivity index (χ4n) is 2.10. The van der Waals surface area contributed by atoms with Gasteiger partial charge in [0, 0.05) is 13.1 Å². The smallest absolute Gasteiger partial charge is 0.173 e. The van der Waals surface area contributed by atoms with Crippen molar-refractivity contribution in [1.82, 2.24) is 4.90 Å². The van der Waals surface area contributed by atoms with Crippen LogP contribution in [0.5, 0.6) is 0 Å². The van der Waals surface area contributed by atoms with Crippen molar-refractivity contribution >= 4 is 23.0 Å². The van der Waals surface area contributed by atoms with Gasteiger partial charge in [0.25, 0.3) is 0 Å². The van der Waals surface area contributed by atoms with Gasteiger partial charge in [-0.2, -0.15) is 0 Å². The number of benzene rings is 1. The van der Waals surface area contributed by atoms with Crippen molar-refractivity contribution in [1.29, 1.82) is 0 Å². The summed E-state index contributed by atoms with van der Waals surface area (Å²) in [5.41, 5.74) is 0.411. The lowest BCUT2D eigenvalue weighted by atomic mass is 10.2. The third kappa shape index (κ3) is 3.17. The van der Waals surface area contributed by atoms with Gasteiger partial charge in [0.05, 0.1) is 17.9 Å². The van der Waals surface area contributed by atoms with E-state index in [2.05, 4.69) is 5.32 Å². The molecule has 1 saturated heterocycles. The first-order valence-corrected chi connectivity index (χ1v) is 6.43. The predicted octanol–water partition coefficient (Wildman–Crippen LogP) is 2.63. The number of hydrogen-bond acceptors (Lipinski definition) is 2. The van der Waals surface area contributed by atoms with Crippen molar-refractivity contribution in [2.75, 3.05) is 18.4 Å². The van der Waals surface area contributed by atoms with Crippen molar-refractivity contribution in [2.45, 2.75) is 26.1 Å². The molecule has 0 spiro atoms. The van der Waals surface area contributed by atoms with Gasteiger partial charge in [-0.3, -0.25) is 0 Å². The van der Waals surface area contributed by atoms with Crippen molar-refractivity contribution < 1.29 is 9.13 Å². The van der Waals surface area contributed by atoms with Crippen LogP contribution in [0, 0.1) is 5.82 Å². The number of nitrogens with one attached hydrogen (secondary N) is 1. The fraction of sp³-hybridized carbons (Fsp3) is 0.462. The standard InChI is InChI=1S/C13H17FN2OS/c1-9-7-16(8-10(2)17-9)13(18)15-12-6-4-3-5-11(12)14/h3-6,9-10H,7-8H2,1-2H3,(H,15,18)/t9-,10-/m0/s1. The molecule has 1 heterocycles. The molecule has 1 aliphatic rings. The molecular weight excluding hydrogens is 251 g/mol. The highest BCUT2D eigenvalue weighted by Gasteiger charge is 2.24. The van der Waals surface area contributed by atoms with Crippen LogP contribution >= 0.6 is 12.2 Å². The maximum atomic E-state index is 13.5. The van der Waals surface area contributed by atoms with Crippen LogP contribution in [0.4, 0.5) is 10.1 Å². The van der Waals surface area contributed by atoms with E-state index in [1.807, 2.05) is 18.7 Å². The average Bonchev–Trinajstić information content (AvgIpc) is 2.31. The first kappa shape index (κ1) is 13.2. The lowest BCUT2D eigenvalue weighted by Crippen LogP contribution is -2.49. The monoisotopic (exact) mass is 268 g/mol. The first-order chi connectivity index (χ1) is 8.56. The Bertz CT molecular complexity index is 431. The highest BCUT2D eigenvalue weighted by Crippen LogP contribution is 2.16. The van der Waals surface area contributed by atoms with Gasteiger partial charge in [0.15, 0.2) is 5.11 Å². The van der Waals surface area contributed by atoms with Gasteiger partial charge in [-0.05, 0) is 38.2 Å². The van der Waals surface area contributed by atoms with Gasteiger partial charge >= 0.3 is 0 Å². The molecule has 1 aromatic carbocycles. The Hall–Kier alpha value is -1.20. The van der Waals surface area contributed by atoms with E-state index in [-0.39, 0.29) is 18.0 Å². The minimum absolute atomic E-state index is 0.133. The molecule has 2 atom stereocenters. The van der Waals surface area contributed by atoms with E-state index in [1.165, 1.54) is 6.07 Å². The van der Waals surface area contributed by atoms with E-state index < -0.39 is 0 Å². The maximum Gasteiger partial charge on any atom is 0.173 e. The molecule has 0 unspecified atom stereocenters. The summed E-state index contributed by atoms with van der Waals surface area (Å²) in [7, 11) is 0. The summed E-state index contributed by atoms with van der Waals surface area (Å²) in [5, 5.41) is 3.49. The molecule has 2 rings (SSSR count). The second-order valence-corrected chi connectivity index (χ2v) is 4.96. The summed E-state index contributed by atoms with van der Waals surface area (Å²) >= 11 is 5.31. The van der Waals surface area contributed by atoms with E-state index in [0.717, 1.165) is 13.1 Å². The Labute approximate surface area is 112 Å². The minimum atomic E-state index is -0.297. The van der Waals surface area contributed by atoms with E-state index >= 15 is 0 Å². The lowest BCUT2D eigenvalue weighted by molar-refractivity contribution is -0.0473. The molecule has 0 radical (unpaired) electrons. The van der Waals surface area contributed by atoms with E-state index in [0.29, 0.717) is 10.8 Å². The van der Waals surface area contributed by atoms with E-state index in [9.17, 15) is 4.39 Å². The third-order valence-corrected chi connectivity index (χ3v) is 3.18. The summed E-state index contributed by atoms with van der Waals surface area (Å²) in [4.78, 5) is 2.01. The van der Waals surface area contributed by atoms with Crippen LogP contribution in [0.1, 0.15) is 13.8 Å². The number of halogens is 1. The number of morpholine rings is 1.